The third kappa shape index (κ3) is 1.85. The van der Waals surface area contributed by atoms with Crippen LogP contribution in [0.4, 0.5) is 0 Å². The summed E-state index contributed by atoms with van der Waals surface area (Å²) in [4.78, 5) is 27.9. The molecule has 9 heteroatoms. The molecule has 0 saturated carbocycles. The minimum absolute atomic E-state index is 0.113. The molecule has 1 spiro atoms. The molecular formula is C18H17N3O4S2. The van der Waals surface area contributed by atoms with Gasteiger partial charge >= 0.3 is 0 Å². The van der Waals surface area contributed by atoms with Crippen LogP contribution in [0.1, 0.15) is 31.9 Å². The number of rotatable bonds is 1. The summed E-state index contributed by atoms with van der Waals surface area (Å²) < 4.78 is 10.9. The molecule has 1 aromatic rings. The van der Waals surface area contributed by atoms with E-state index in [1.807, 2.05) is 19.1 Å². The minimum atomic E-state index is -1.06. The van der Waals surface area contributed by atoms with Crippen LogP contribution in [0.2, 0.25) is 0 Å². The smallest absolute Gasteiger partial charge is 0.261 e. The largest absolute Gasteiger partial charge is 0.454 e. The SMILES string of the molecule is CN1C(=O)[C@]23C[C@@](C)(C#N)[C@@H](c4ccc5c(c4)OCO5)N2C(=O)C1(C)SS3. The van der Waals surface area contributed by atoms with Crippen molar-refractivity contribution >= 4 is 33.4 Å². The highest BCUT2D eigenvalue weighted by Gasteiger charge is 2.74. The lowest BCUT2D eigenvalue weighted by molar-refractivity contribution is -0.164. The predicted molar refractivity (Wildman–Crippen MR) is 99.6 cm³/mol. The van der Waals surface area contributed by atoms with Crippen molar-refractivity contribution in [2.75, 3.05) is 13.8 Å². The lowest BCUT2D eigenvalue weighted by Gasteiger charge is -2.57. The molecule has 27 heavy (non-hydrogen) atoms. The fourth-order valence-corrected chi connectivity index (χ4v) is 8.08. The summed E-state index contributed by atoms with van der Waals surface area (Å²) >= 11 is 0. The molecule has 4 saturated heterocycles. The van der Waals surface area contributed by atoms with Crippen molar-refractivity contribution < 1.29 is 19.1 Å². The summed E-state index contributed by atoms with van der Waals surface area (Å²) in [5.74, 6) is 0.998. The van der Waals surface area contributed by atoms with Gasteiger partial charge in [0.2, 0.25) is 6.79 Å². The van der Waals surface area contributed by atoms with Gasteiger partial charge in [-0.15, -0.1) is 0 Å². The van der Waals surface area contributed by atoms with Crippen LogP contribution in [-0.2, 0) is 9.59 Å². The third-order valence-electron chi connectivity index (χ3n) is 6.06. The zero-order chi connectivity index (χ0) is 19.2. The summed E-state index contributed by atoms with van der Waals surface area (Å²) in [5, 5.41) is 10.0. The van der Waals surface area contributed by atoms with Gasteiger partial charge in [0.1, 0.15) is 0 Å². The van der Waals surface area contributed by atoms with Crippen molar-refractivity contribution in [1.82, 2.24) is 9.80 Å². The molecule has 2 amide bonds. The van der Waals surface area contributed by atoms with E-state index in [-0.39, 0.29) is 25.0 Å². The number of carbonyl (C=O) groups is 2. The lowest BCUT2D eigenvalue weighted by atomic mass is 9.79. The average molecular weight is 403 g/mol. The van der Waals surface area contributed by atoms with E-state index in [4.69, 9.17) is 9.47 Å². The molecule has 0 radical (unpaired) electrons. The van der Waals surface area contributed by atoms with Crippen molar-refractivity contribution in [3.63, 3.8) is 0 Å². The van der Waals surface area contributed by atoms with E-state index >= 15 is 0 Å². The molecule has 0 aliphatic carbocycles. The molecule has 5 heterocycles. The molecule has 4 atom stereocenters. The van der Waals surface area contributed by atoms with Crippen molar-refractivity contribution in [1.29, 1.82) is 5.26 Å². The Bertz CT molecular complexity index is 949. The highest BCUT2D eigenvalue weighted by molar-refractivity contribution is 8.78. The standard InChI is InChI=1S/C18H17N3O4S2/c1-16(8-19)7-18-15(23)20(3)17(2,26-27-18)14(22)21(18)13(16)10-4-5-11-12(6-10)25-9-24-11/h4-6,13H,7,9H2,1-3H3/t13-,16+,17?,18-/m1/s1. The Hall–Kier alpha value is -2.05. The Kier molecular flexibility index (Phi) is 3.20. The Balaban J connectivity index is 1.71. The van der Waals surface area contributed by atoms with E-state index in [2.05, 4.69) is 6.07 Å². The Labute approximate surface area is 164 Å². The first kappa shape index (κ1) is 17.1. The van der Waals surface area contributed by atoms with Gasteiger partial charge in [-0.25, -0.2) is 0 Å². The zero-order valence-electron chi connectivity index (χ0n) is 15.0. The molecule has 140 valence electrons. The number of nitriles is 1. The highest BCUT2D eigenvalue weighted by Crippen LogP contribution is 2.69. The van der Waals surface area contributed by atoms with Crippen LogP contribution < -0.4 is 9.47 Å². The normalized spacial score (nSPS) is 39.0. The maximum Gasteiger partial charge on any atom is 0.261 e. The molecule has 5 aliphatic heterocycles. The van der Waals surface area contributed by atoms with Crippen LogP contribution in [-0.4, -0.2) is 45.2 Å². The first-order valence-electron chi connectivity index (χ1n) is 8.56. The Morgan fingerprint density at radius 2 is 1.93 bits per heavy atom. The number of amides is 2. The van der Waals surface area contributed by atoms with Gasteiger partial charge in [0, 0.05) is 13.5 Å². The summed E-state index contributed by atoms with van der Waals surface area (Å²) in [7, 11) is 4.49. The van der Waals surface area contributed by atoms with E-state index in [0.29, 0.717) is 11.5 Å². The van der Waals surface area contributed by atoms with E-state index in [1.165, 1.54) is 26.5 Å². The second-order valence-corrected chi connectivity index (χ2v) is 10.5. The van der Waals surface area contributed by atoms with Gasteiger partial charge in [-0.3, -0.25) is 9.59 Å². The molecule has 0 aromatic heterocycles. The molecule has 1 unspecified atom stereocenters. The number of carbonyl (C=O) groups excluding carboxylic acids is 2. The number of likely N-dealkylation sites (N-methyl/N-ethyl adjacent to an activating group) is 1. The lowest BCUT2D eigenvalue weighted by Crippen LogP contribution is -2.73. The van der Waals surface area contributed by atoms with Crippen molar-refractivity contribution in [3.8, 4) is 17.6 Å². The van der Waals surface area contributed by atoms with Gasteiger partial charge in [-0.05, 0) is 31.5 Å². The monoisotopic (exact) mass is 403 g/mol. The Morgan fingerprint density at radius 3 is 2.67 bits per heavy atom. The van der Waals surface area contributed by atoms with E-state index in [0.717, 1.165) is 5.56 Å². The third-order valence-corrected chi connectivity index (χ3v) is 9.76. The number of benzene rings is 1. The quantitative estimate of drug-likeness (QED) is 0.666. The van der Waals surface area contributed by atoms with Crippen LogP contribution in [0.15, 0.2) is 18.2 Å². The fraction of sp³-hybridized carbons (Fsp3) is 0.500. The number of hydrogen-bond acceptors (Lipinski definition) is 7. The number of ether oxygens (including phenoxy) is 2. The predicted octanol–water partition coefficient (Wildman–Crippen LogP) is 2.50. The summed E-state index contributed by atoms with van der Waals surface area (Å²) in [6, 6.07) is 7.35. The molecule has 5 aliphatic rings. The molecule has 6 rings (SSSR count). The van der Waals surface area contributed by atoms with E-state index < -0.39 is 21.2 Å². The second kappa shape index (κ2) is 5.06. The van der Waals surface area contributed by atoms with Crippen LogP contribution >= 0.6 is 21.6 Å². The van der Waals surface area contributed by atoms with Gasteiger partial charge in [-0.1, -0.05) is 27.7 Å². The van der Waals surface area contributed by atoms with Crippen LogP contribution in [0.3, 0.4) is 0 Å². The van der Waals surface area contributed by atoms with Crippen LogP contribution in [0.5, 0.6) is 11.5 Å². The molecule has 4 fully saturated rings. The second-order valence-electron chi connectivity index (χ2n) is 7.69. The van der Waals surface area contributed by atoms with Crippen LogP contribution in [0.25, 0.3) is 0 Å². The first-order chi connectivity index (χ1) is 12.8. The van der Waals surface area contributed by atoms with E-state index in [1.54, 1.807) is 24.9 Å². The molecule has 7 nitrogen and oxygen atoms in total. The van der Waals surface area contributed by atoms with Crippen molar-refractivity contribution in [2.24, 2.45) is 5.41 Å². The molecule has 2 bridgehead atoms. The summed E-state index contributed by atoms with van der Waals surface area (Å²) in [6.45, 7) is 3.75. The highest BCUT2D eigenvalue weighted by atomic mass is 33.1. The number of hydrogen-bond donors (Lipinski definition) is 0. The van der Waals surface area contributed by atoms with E-state index in [9.17, 15) is 14.9 Å². The number of fused-ring (bicyclic) bond motifs is 3. The summed E-state index contributed by atoms with van der Waals surface area (Å²) in [6.07, 6.45) is 0.290. The number of nitrogens with zero attached hydrogens (tertiary/aromatic N) is 3. The van der Waals surface area contributed by atoms with Gasteiger partial charge in [0.05, 0.1) is 17.5 Å². The Morgan fingerprint density at radius 1 is 1.19 bits per heavy atom. The van der Waals surface area contributed by atoms with Crippen molar-refractivity contribution in [3.05, 3.63) is 23.8 Å². The zero-order valence-corrected chi connectivity index (χ0v) is 16.6. The maximum atomic E-state index is 13.5. The minimum Gasteiger partial charge on any atom is -0.454 e. The summed E-state index contributed by atoms with van der Waals surface area (Å²) in [5.41, 5.74) is -0.117. The first-order valence-corrected chi connectivity index (χ1v) is 10.7. The maximum absolute atomic E-state index is 13.5. The van der Waals surface area contributed by atoms with Gasteiger partial charge in [0.25, 0.3) is 11.8 Å². The fourth-order valence-electron chi connectivity index (χ4n) is 4.50. The van der Waals surface area contributed by atoms with Gasteiger partial charge < -0.3 is 19.3 Å². The molecule has 0 N–H and O–H groups in total. The molecular weight excluding hydrogens is 386 g/mol. The number of piperazine rings is 1. The van der Waals surface area contributed by atoms with Gasteiger partial charge in [0.15, 0.2) is 21.2 Å². The average Bonchev–Trinajstić information content (AvgIpc) is 3.23. The molecule has 1 aromatic carbocycles. The van der Waals surface area contributed by atoms with Crippen molar-refractivity contribution in [2.45, 2.75) is 36.1 Å². The van der Waals surface area contributed by atoms with Crippen LogP contribution in [0, 0.1) is 16.7 Å². The topological polar surface area (TPSA) is 82.9 Å². The van der Waals surface area contributed by atoms with Gasteiger partial charge in [-0.2, -0.15) is 5.26 Å².